The standard InChI is InChI=1S/C15H29N3O4/c1-10(2)6-12(15(21)16-5)7-14(20)18(8-11(3)4)9-13(19)17-22/h10-12,22H,6-9H2,1-5H3,(H,16,21)(H,17,19)/t12-/m1/s1. The maximum Gasteiger partial charge on any atom is 0.262 e. The van der Waals surface area contributed by atoms with Gasteiger partial charge in [0.15, 0.2) is 0 Å². The van der Waals surface area contributed by atoms with Crippen LogP contribution in [0.3, 0.4) is 0 Å². The third-order valence-corrected chi connectivity index (χ3v) is 3.19. The molecule has 7 heteroatoms. The monoisotopic (exact) mass is 315 g/mol. The zero-order valence-electron chi connectivity index (χ0n) is 14.2. The van der Waals surface area contributed by atoms with Gasteiger partial charge in [0.25, 0.3) is 5.91 Å². The number of hydrogen-bond donors (Lipinski definition) is 3. The fraction of sp³-hybridized carbons (Fsp3) is 0.800. The molecule has 0 saturated carbocycles. The lowest BCUT2D eigenvalue weighted by atomic mass is 9.92. The summed E-state index contributed by atoms with van der Waals surface area (Å²) in [5.74, 6) is -1.02. The van der Waals surface area contributed by atoms with Crippen LogP contribution in [0.1, 0.15) is 40.5 Å². The van der Waals surface area contributed by atoms with Gasteiger partial charge in [0, 0.05) is 25.9 Å². The van der Waals surface area contributed by atoms with E-state index >= 15 is 0 Å². The minimum atomic E-state index is -0.644. The molecule has 0 aliphatic carbocycles. The lowest BCUT2D eigenvalue weighted by molar-refractivity contribution is -0.141. The van der Waals surface area contributed by atoms with E-state index in [4.69, 9.17) is 5.21 Å². The van der Waals surface area contributed by atoms with E-state index in [2.05, 4.69) is 5.32 Å². The van der Waals surface area contributed by atoms with E-state index in [1.54, 1.807) is 7.05 Å². The van der Waals surface area contributed by atoms with E-state index < -0.39 is 11.8 Å². The van der Waals surface area contributed by atoms with Crippen LogP contribution in [-0.2, 0) is 14.4 Å². The van der Waals surface area contributed by atoms with E-state index in [9.17, 15) is 14.4 Å². The molecule has 1 atom stereocenters. The van der Waals surface area contributed by atoms with Gasteiger partial charge in [-0.15, -0.1) is 0 Å². The second kappa shape index (κ2) is 10.2. The third-order valence-electron chi connectivity index (χ3n) is 3.19. The number of rotatable bonds is 9. The average Bonchev–Trinajstić information content (AvgIpc) is 2.43. The number of nitrogens with one attached hydrogen (secondary N) is 2. The van der Waals surface area contributed by atoms with Gasteiger partial charge in [-0.25, -0.2) is 5.48 Å². The molecule has 0 heterocycles. The summed E-state index contributed by atoms with van der Waals surface area (Å²) in [6.07, 6.45) is 0.663. The van der Waals surface area contributed by atoms with Gasteiger partial charge in [-0.2, -0.15) is 0 Å². The van der Waals surface area contributed by atoms with Crippen molar-refractivity contribution in [3.8, 4) is 0 Å². The second-order valence-corrected chi connectivity index (χ2v) is 6.35. The topological polar surface area (TPSA) is 98.7 Å². The Morgan fingerprint density at radius 3 is 2.09 bits per heavy atom. The van der Waals surface area contributed by atoms with E-state index in [0.29, 0.717) is 13.0 Å². The highest BCUT2D eigenvalue weighted by Gasteiger charge is 2.26. The summed E-state index contributed by atoms with van der Waals surface area (Å²) in [6.45, 7) is 8.03. The highest BCUT2D eigenvalue weighted by Crippen LogP contribution is 2.17. The molecule has 3 amide bonds. The minimum Gasteiger partial charge on any atom is -0.359 e. The molecule has 0 aromatic heterocycles. The normalized spacial score (nSPS) is 12.2. The Morgan fingerprint density at radius 1 is 1.09 bits per heavy atom. The number of carbonyl (C=O) groups excluding carboxylic acids is 3. The first-order chi connectivity index (χ1) is 10.2. The Balaban J connectivity index is 4.93. The van der Waals surface area contributed by atoms with Crippen LogP contribution in [0.15, 0.2) is 0 Å². The maximum atomic E-state index is 12.4. The first-order valence-corrected chi connectivity index (χ1v) is 7.63. The van der Waals surface area contributed by atoms with Gasteiger partial charge in [-0.3, -0.25) is 19.6 Å². The lowest BCUT2D eigenvalue weighted by Gasteiger charge is -2.26. The quantitative estimate of drug-likeness (QED) is 0.432. The van der Waals surface area contributed by atoms with Gasteiger partial charge < -0.3 is 10.2 Å². The number of hydroxylamine groups is 1. The molecule has 0 aromatic carbocycles. The van der Waals surface area contributed by atoms with Crippen molar-refractivity contribution in [1.82, 2.24) is 15.7 Å². The summed E-state index contributed by atoms with van der Waals surface area (Å²) in [4.78, 5) is 37.0. The molecule has 0 saturated heterocycles. The van der Waals surface area contributed by atoms with Crippen molar-refractivity contribution < 1.29 is 19.6 Å². The Kier molecular flexibility index (Phi) is 9.40. The molecule has 22 heavy (non-hydrogen) atoms. The zero-order valence-corrected chi connectivity index (χ0v) is 14.2. The van der Waals surface area contributed by atoms with Crippen LogP contribution in [0.2, 0.25) is 0 Å². The molecular weight excluding hydrogens is 286 g/mol. The Hall–Kier alpha value is -1.63. The molecule has 7 nitrogen and oxygen atoms in total. The van der Waals surface area contributed by atoms with Crippen LogP contribution in [-0.4, -0.2) is 48.0 Å². The predicted molar refractivity (Wildman–Crippen MR) is 83.0 cm³/mol. The van der Waals surface area contributed by atoms with E-state index in [0.717, 1.165) is 0 Å². The summed E-state index contributed by atoms with van der Waals surface area (Å²) in [7, 11) is 1.55. The highest BCUT2D eigenvalue weighted by atomic mass is 16.5. The summed E-state index contributed by atoms with van der Waals surface area (Å²) < 4.78 is 0. The molecule has 0 spiro atoms. The molecule has 0 unspecified atom stereocenters. The first-order valence-electron chi connectivity index (χ1n) is 7.63. The Morgan fingerprint density at radius 2 is 1.68 bits per heavy atom. The smallest absolute Gasteiger partial charge is 0.262 e. The first kappa shape index (κ1) is 20.4. The Bertz CT molecular complexity index is 383. The summed E-state index contributed by atoms with van der Waals surface area (Å²) >= 11 is 0. The van der Waals surface area contributed by atoms with Crippen molar-refractivity contribution in [3.63, 3.8) is 0 Å². The fourth-order valence-corrected chi connectivity index (χ4v) is 2.30. The maximum absolute atomic E-state index is 12.4. The number of hydrogen-bond acceptors (Lipinski definition) is 4. The molecule has 128 valence electrons. The second-order valence-electron chi connectivity index (χ2n) is 6.35. The molecule has 3 N–H and O–H groups in total. The summed E-state index contributed by atoms with van der Waals surface area (Å²) in [5, 5.41) is 11.2. The SMILES string of the molecule is CNC(=O)[C@@H](CC(=O)N(CC(=O)NO)CC(C)C)CC(C)C. The number of amides is 3. The number of nitrogens with zero attached hydrogens (tertiary/aromatic N) is 1. The van der Waals surface area contributed by atoms with E-state index in [1.807, 2.05) is 27.7 Å². The van der Waals surface area contributed by atoms with Crippen molar-refractivity contribution in [3.05, 3.63) is 0 Å². The molecule has 0 rings (SSSR count). The molecule has 0 bridgehead atoms. The van der Waals surface area contributed by atoms with Crippen molar-refractivity contribution in [2.45, 2.75) is 40.5 Å². The number of carbonyl (C=O) groups is 3. The summed E-state index contributed by atoms with van der Waals surface area (Å²) in [6, 6.07) is 0. The summed E-state index contributed by atoms with van der Waals surface area (Å²) in [5.41, 5.74) is 1.53. The van der Waals surface area contributed by atoms with Crippen LogP contribution < -0.4 is 10.8 Å². The zero-order chi connectivity index (χ0) is 17.3. The molecule has 0 fully saturated rings. The van der Waals surface area contributed by atoms with Crippen molar-refractivity contribution >= 4 is 17.7 Å². The van der Waals surface area contributed by atoms with Crippen molar-refractivity contribution in [1.29, 1.82) is 0 Å². The molecule has 0 aromatic rings. The largest absolute Gasteiger partial charge is 0.359 e. The minimum absolute atomic E-state index is 0.0588. The van der Waals surface area contributed by atoms with Crippen molar-refractivity contribution in [2.24, 2.45) is 17.8 Å². The van der Waals surface area contributed by atoms with Gasteiger partial charge in [0.1, 0.15) is 6.54 Å². The average molecular weight is 315 g/mol. The van der Waals surface area contributed by atoms with Crippen LogP contribution >= 0.6 is 0 Å². The van der Waals surface area contributed by atoms with Gasteiger partial charge in [-0.05, 0) is 18.3 Å². The molecular formula is C15H29N3O4. The molecule has 0 aliphatic heterocycles. The highest BCUT2D eigenvalue weighted by molar-refractivity contribution is 5.88. The molecule has 0 radical (unpaired) electrons. The van der Waals surface area contributed by atoms with Crippen molar-refractivity contribution in [2.75, 3.05) is 20.1 Å². The van der Waals surface area contributed by atoms with Crippen LogP contribution in [0, 0.1) is 17.8 Å². The van der Waals surface area contributed by atoms with E-state index in [1.165, 1.54) is 10.4 Å². The van der Waals surface area contributed by atoms with Crippen LogP contribution in [0.5, 0.6) is 0 Å². The van der Waals surface area contributed by atoms with Gasteiger partial charge in [-0.1, -0.05) is 27.7 Å². The van der Waals surface area contributed by atoms with Crippen LogP contribution in [0.25, 0.3) is 0 Å². The van der Waals surface area contributed by atoms with Crippen LogP contribution in [0.4, 0.5) is 0 Å². The lowest BCUT2D eigenvalue weighted by Crippen LogP contribution is -2.43. The van der Waals surface area contributed by atoms with E-state index in [-0.39, 0.29) is 36.6 Å². The fourth-order valence-electron chi connectivity index (χ4n) is 2.30. The van der Waals surface area contributed by atoms with Gasteiger partial charge in [0.05, 0.1) is 0 Å². The van der Waals surface area contributed by atoms with Gasteiger partial charge >= 0.3 is 0 Å². The Labute approximate surface area is 132 Å². The molecule has 0 aliphatic rings. The van der Waals surface area contributed by atoms with Gasteiger partial charge in [0.2, 0.25) is 11.8 Å². The predicted octanol–water partition coefficient (Wildman–Crippen LogP) is 0.775. The third kappa shape index (κ3) is 7.97.